The molecular formula is C10H12BrNO3. The number of esters is 1. The van der Waals surface area contributed by atoms with Crippen molar-refractivity contribution in [3.63, 3.8) is 0 Å². The molecule has 0 saturated heterocycles. The molecule has 0 radical (unpaired) electrons. The molecule has 0 spiro atoms. The van der Waals surface area contributed by atoms with Crippen molar-refractivity contribution in [1.82, 2.24) is 0 Å². The molecule has 1 atom stereocenters. The normalized spacial score (nSPS) is 12.2. The van der Waals surface area contributed by atoms with Crippen molar-refractivity contribution in [3.05, 3.63) is 28.2 Å². The average molecular weight is 274 g/mol. The largest absolute Gasteiger partial charge is 0.507 e. The van der Waals surface area contributed by atoms with Gasteiger partial charge in [-0.3, -0.25) is 4.79 Å². The van der Waals surface area contributed by atoms with E-state index in [1.54, 1.807) is 18.2 Å². The molecule has 0 heterocycles. The first-order chi connectivity index (χ1) is 7.04. The highest BCUT2D eigenvalue weighted by molar-refractivity contribution is 9.10. The van der Waals surface area contributed by atoms with Crippen molar-refractivity contribution < 1.29 is 14.6 Å². The Bertz CT molecular complexity index is 368. The Morgan fingerprint density at radius 2 is 2.33 bits per heavy atom. The molecule has 15 heavy (non-hydrogen) atoms. The molecule has 4 nitrogen and oxygen atoms in total. The van der Waals surface area contributed by atoms with Crippen LogP contribution in [0.1, 0.15) is 5.56 Å². The Morgan fingerprint density at radius 1 is 1.67 bits per heavy atom. The first kappa shape index (κ1) is 12.0. The summed E-state index contributed by atoms with van der Waals surface area (Å²) in [7, 11) is 1.30. The van der Waals surface area contributed by atoms with E-state index in [2.05, 4.69) is 20.7 Å². The van der Waals surface area contributed by atoms with Crippen LogP contribution in [0.2, 0.25) is 0 Å². The number of hydrogen-bond donors (Lipinski definition) is 2. The summed E-state index contributed by atoms with van der Waals surface area (Å²) in [6.45, 7) is 0. The maximum Gasteiger partial charge on any atom is 0.322 e. The van der Waals surface area contributed by atoms with Crippen LogP contribution in [-0.2, 0) is 16.0 Å². The van der Waals surface area contributed by atoms with Gasteiger partial charge in [0.05, 0.1) is 11.6 Å². The van der Waals surface area contributed by atoms with Gasteiger partial charge < -0.3 is 15.6 Å². The molecule has 0 aliphatic heterocycles. The highest BCUT2D eigenvalue weighted by atomic mass is 79.9. The summed E-state index contributed by atoms with van der Waals surface area (Å²) >= 11 is 3.18. The summed E-state index contributed by atoms with van der Waals surface area (Å²) < 4.78 is 5.09. The predicted molar refractivity (Wildman–Crippen MR) is 59.5 cm³/mol. The summed E-state index contributed by atoms with van der Waals surface area (Å²) in [5.41, 5.74) is 6.45. The average Bonchev–Trinajstić information content (AvgIpc) is 2.22. The molecule has 0 saturated carbocycles. The van der Waals surface area contributed by atoms with Crippen molar-refractivity contribution in [3.8, 4) is 5.75 Å². The number of phenols is 1. The molecule has 5 heteroatoms. The van der Waals surface area contributed by atoms with Crippen LogP contribution in [0.3, 0.4) is 0 Å². The second-order valence-electron chi connectivity index (χ2n) is 3.12. The van der Waals surface area contributed by atoms with Crippen LogP contribution < -0.4 is 5.73 Å². The van der Waals surface area contributed by atoms with Gasteiger partial charge in [0.25, 0.3) is 0 Å². The van der Waals surface area contributed by atoms with Gasteiger partial charge in [0, 0.05) is 0 Å². The quantitative estimate of drug-likeness (QED) is 0.812. The van der Waals surface area contributed by atoms with E-state index in [-0.39, 0.29) is 5.75 Å². The second kappa shape index (κ2) is 5.14. The summed E-state index contributed by atoms with van der Waals surface area (Å²) in [6.07, 6.45) is 0.381. The van der Waals surface area contributed by atoms with Gasteiger partial charge in [0.1, 0.15) is 11.8 Å². The number of rotatable bonds is 3. The van der Waals surface area contributed by atoms with Crippen LogP contribution in [-0.4, -0.2) is 24.2 Å². The molecular weight excluding hydrogens is 262 g/mol. The van der Waals surface area contributed by atoms with Gasteiger partial charge >= 0.3 is 5.97 Å². The third-order valence-electron chi connectivity index (χ3n) is 1.97. The van der Waals surface area contributed by atoms with Crippen LogP contribution in [0.15, 0.2) is 22.7 Å². The Kier molecular flexibility index (Phi) is 4.11. The van der Waals surface area contributed by atoms with Crippen LogP contribution >= 0.6 is 15.9 Å². The van der Waals surface area contributed by atoms with Gasteiger partial charge in [-0.2, -0.15) is 0 Å². The van der Waals surface area contributed by atoms with Crippen LogP contribution in [0.25, 0.3) is 0 Å². The predicted octanol–water partition coefficient (Wildman–Crippen LogP) is 1.20. The molecule has 82 valence electrons. The lowest BCUT2D eigenvalue weighted by Crippen LogP contribution is -2.33. The summed E-state index contributed by atoms with van der Waals surface area (Å²) in [6, 6.07) is 4.30. The number of carbonyl (C=O) groups excluding carboxylic acids is 1. The molecule has 0 amide bonds. The summed E-state index contributed by atoms with van der Waals surface area (Å²) in [4.78, 5) is 11.1. The fourth-order valence-corrected chi connectivity index (χ4v) is 1.59. The Balaban J connectivity index is 2.73. The highest BCUT2D eigenvalue weighted by Crippen LogP contribution is 2.24. The number of halogens is 1. The fraction of sp³-hybridized carbons (Fsp3) is 0.300. The molecule has 0 bridgehead atoms. The van der Waals surface area contributed by atoms with Crippen molar-refractivity contribution in [2.75, 3.05) is 7.11 Å². The zero-order valence-corrected chi connectivity index (χ0v) is 9.82. The van der Waals surface area contributed by atoms with Gasteiger partial charge in [0.15, 0.2) is 0 Å². The minimum Gasteiger partial charge on any atom is -0.507 e. The first-order valence-corrected chi connectivity index (χ1v) is 5.14. The van der Waals surface area contributed by atoms with E-state index in [0.717, 1.165) is 5.56 Å². The smallest absolute Gasteiger partial charge is 0.322 e. The number of methoxy groups -OCH3 is 1. The van der Waals surface area contributed by atoms with Crippen molar-refractivity contribution in [1.29, 1.82) is 0 Å². The van der Waals surface area contributed by atoms with Crippen LogP contribution in [0.5, 0.6) is 5.75 Å². The minimum absolute atomic E-state index is 0.158. The maximum absolute atomic E-state index is 11.1. The van der Waals surface area contributed by atoms with Crippen LogP contribution in [0.4, 0.5) is 0 Å². The van der Waals surface area contributed by atoms with Gasteiger partial charge in [-0.25, -0.2) is 0 Å². The molecule has 1 aromatic rings. The molecule has 0 fully saturated rings. The number of nitrogens with two attached hydrogens (primary N) is 1. The lowest BCUT2D eigenvalue weighted by Gasteiger charge is -2.09. The number of ether oxygens (including phenoxy) is 1. The molecule has 1 unspecified atom stereocenters. The van der Waals surface area contributed by atoms with Gasteiger partial charge in [-0.05, 0) is 40.0 Å². The van der Waals surface area contributed by atoms with Crippen molar-refractivity contribution in [2.45, 2.75) is 12.5 Å². The number of benzene rings is 1. The molecule has 1 rings (SSSR count). The molecule has 1 aromatic carbocycles. The molecule has 0 aliphatic carbocycles. The molecule has 0 aromatic heterocycles. The van der Waals surface area contributed by atoms with E-state index in [1.807, 2.05) is 0 Å². The number of aromatic hydroxyl groups is 1. The Morgan fingerprint density at radius 3 is 2.87 bits per heavy atom. The zero-order chi connectivity index (χ0) is 11.4. The summed E-state index contributed by atoms with van der Waals surface area (Å²) in [5, 5.41) is 9.26. The van der Waals surface area contributed by atoms with Crippen LogP contribution in [0, 0.1) is 0 Å². The SMILES string of the molecule is COC(=O)C(N)Cc1ccc(O)c(Br)c1. The van der Waals surface area contributed by atoms with Gasteiger partial charge in [0.2, 0.25) is 0 Å². The maximum atomic E-state index is 11.1. The van der Waals surface area contributed by atoms with E-state index in [1.165, 1.54) is 7.11 Å². The number of phenolic OH excluding ortho intramolecular Hbond substituents is 1. The fourth-order valence-electron chi connectivity index (χ4n) is 1.17. The third-order valence-corrected chi connectivity index (χ3v) is 2.61. The van der Waals surface area contributed by atoms with E-state index in [4.69, 9.17) is 5.73 Å². The topological polar surface area (TPSA) is 72.5 Å². The molecule has 3 N–H and O–H groups in total. The van der Waals surface area contributed by atoms with E-state index >= 15 is 0 Å². The first-order valence-electron chi connectivity index (χ1n) is 4.35. The Hall–Kier alpha value is -1.07. The molecule has 0 aliphatic rings. The van der Waals surface area contributed by atoms with Crippen molar-refractivity contribution in [2.24, 2.45) is 5.73 Å². The standard InChI is InChI=1S/C10H12BrNO3/c1-15-10(14)8(12)5-6-2-3-9(13)7(11)4-6/h2-4,8,13H,5,12H2,1H3. The second-order valence-corrected chi connectivity index (χ2v) is 3.97. The van der Waals surface area contributed by atoms with E-state index in [0.29, 0.717) is 10.9 Å². The van der Waals surface area contributed by atoms with Gasteiger partial charge in [-0.15, -0.1) is 0 Å². The van der Waals surface area contributed by atoms with E-state index < -0.39 is 12.0 Å². The minimum atomic E-state index is -0.675. The monoisotopic (exact) mass is 273 g/mol. The van der Waals surface area contributed by atoms with E-state index in [9.17, 15) is 9.90 Å². The number of carbonyl (C=O) groups is 1. The highest BCUT2D eigenvalue weighted by Gasteiger charge is 2.14. The lowest BCUT2D eigenvalue weighted by atomic mass is 10.1. The van der Waals surface area contributed by atoms with Crippen molar-refractivity contribution >= 4 is 21.9 Å². The zero-order valence-electron chi connectivity index (χ0n) is 8.24. The Labute approximate surface area is 96.2 Å². The summed E-state index contributed by atoms with van der Waals surface area (Å²) in [5.74, 6) is -0.287. The number of hydrogen-bond acceptors (Lipinski definition) is 4. The third kappa shape index (κ3) is 3.21. The lowest BCUT2D eigenvalue weighted by molar-refractivity contribution is -0.142. The van der Waals surface area contributed by atoms with Gasteiger partial charge in [-0.1, -0.05) is 6.07 Å².